The molecule has 3 aromatic carbocycles. The third kappa shape index (κ3) is 3.86. The number of hydrogen-bond donors (Lipinski definition) is 2. The quantitative estimate of drug-likeness (QED) is 0.404. The predicted octanol–water partition coefficient (Wildman–Crippen LogP) is 5.43. The van der Waals surface area contributed by atoms with Gasteiger partial charge in [0.25, 0.3) is 0 Å². The van der Waals surface area contributed by atoms with Gasteiger partial charge in [0.2, 0.25) is 0 Å². The third-order valence-corrected chi connectivity index (χ3v) is 5.33. The van der Waals surface area contributed by atoms with Gasteiger partial charge in [0.05, 0.1) is 19.3 Å². The van der Waals surface area contributed by atoms with Crippen LogP contribution in [0.2, 0.25) is 0 Å². The van der Waals surface area contributed by atoms with Crippen LogP contribution in [0.25, 0.3) is 21.8 Å². The van der Waals surface area contributed by atoms with E-state index in [0.717, 1.165) is 26.9 Å². The largest absolute Gasteiger partial charge is 0.494 e. The molecule has 1 aromatic heterocycles. The second kappa shape index (κ2) is 8.25. The molecule has 0 bridgehead atoms. The molecule has 5 heteroatoms. The molecular weight excluding hydrogens is 416 g/mol. The number of ether oxygens (including phenoxy) is 1. The van der Waals surface area contributed by atoms with Gasteiger partial charge >= 0.3 is 0 Å². The molecule has 1 unspecified atom stereocenters. The van der Waals surface area contributed by atoms with Gasteiger partial charge in [-0.2, -0.15) is 0 Å². The van der Waals surface area contributed by atoms with Gasteiger partial charge in [-0.25, -0.2) is 0 Å². The zero-order chi connectivity index (χ0) is 19.5. The lowest BCUT2D eigenvalue weighted by Crippen LogP contribution is -2.24. The second-order valence-electron chi connectivity index (χ2n) is 6.78. The molecule has 0 spiro atoms. The van der Waals surface area contributed by atoms with Crippen molar-refractivity contribution in [3.8, 4) is 5.75 Å². The Morgan fingerprint density at radius 2 is 1.75 bits per heavy atom. The average Bonchev–Trinajstić information content (AvgIpc) is 3.01. The molecule has 0 amide bonds. The summed E-state index contributed by atoms with van der Waals surface area (Å²) in [5, 5.41) is 16.4. The van der Waals surface area contributed by atoms with Gasteiger partial charge in [0.15, 0.2) is 0 Å². The first-order valence-corrected chi connectivity index (χ1v) is 10.3. The summed E-state index contributed by atoms with van der Waals surface area (Å²) in [7, 11) is 0. The minimum atomic E-state index is -0.519. The number of halogens is 1. The van der Waals surface area contributed by atoms with E-state index in [0.29, 0.717) is 19.7 Å². The molecule has 28 heavy (non-hydrogen) atoms. The van der Waals surface area contributed by atoms with E-state index < -0.39 is 6.10 Å². The maximum absolute atomic E-state index is 10.7. The van der Waals surface area contributed by atoms with E-state index in [1.54, 1.807) is 0 Å². The van der Waals surface area contributed by atoms with Gasteiger partial charge < -0.3 is 19.7 Å². The molecule has 0 fully saturated rings. The Labute approximate surface area is 172 Å². The van der Waals surface area contributed by atoms with Crippen LogP contribution in [0.1, 0.15) is 6.92 Å². The molecule has 0 aliphatic heterocycles. The van der Waals surface area contributed by atoms with E-state index in [2.05, 4.69) is 56.1 Å². The third-order valence-electron chi connectivity index (χ3n) is 4.83. The monoisotopic (exact) mass is 438 g/mol. The summed E-state index contributed by atoms with van der Waals surface area (Å²) >= 11 is 3.57. The van der Waals surface area contributed by atoms with Gasteiger partial charge in [-0.1, -0.05) is 34.1 Å². The molecular formula is C23H23BrN2O2. The Bertz CT molecular complexity index is 1090. The number of anilines is 1. The fourth-order valence-corrected chi connectivity index (χ4v) is 3.93. The van der Waals surface area contributed by atoms with Crippen molar-refractivity contribution in [3.63, 3.8) is 0 Å². The van der Waals surface area contributed by atoms with Crippen LogP contribution in [0, 0.1) is 0 Å². The molecule has 0 saturated heterocycles. The Morgan fingerprint density at radius 1 is 1.00 bits per heavy atom. The van der Waals surface area contributed by atoms with Crippen molar-refractivity contribution in [1.82, 2.24) is 4.57 Å². The normalized spacial score (nSPS) is 12.4. The number of hydrogen-bond acceptors (Lipinski definition) is 3. The van der Waals surface area contributed by atoms with Crippen LogP contribution in [0.5, 0.6) is 5.75 Å². The standard InChI is InChI=1S/C23H23BrN2O2/c1-2-28-19-10-8-17(9-11-19)25-14-18(27)15-26-22-6-4-3-5-20(22)21-13-16(24)7-12-23(21)26/h3-13,18,25,27H,2,14-15H2,1H3. The summed E-state index contributed by atoms with van der Waals surface area (Å²) < 4.78 is 8.72. The lowest BCUT2D eigenvalue weighted by molar-refractivity contribution is 0.169. The fraction of sp³-hybridized carbons (Fsp3) is 0.217. The van der Waals surface area contributed by atoms with Gasteiger partial charge in [-0.05, 0) is 55.5 Å². The van der Waals surface area contributed by atoms with Crippen LogP contribution in [0.4, 0.5) is 5.69 Å². The van der Waals surface area contributed by atoms with Crippen LogP contribution in [-0.4, -0.2) is 28.9 Å². The van der Waals surface area contributed by atoms with E-state index in [4.69, 9.17) is 4.74 Å². The van der Waals surface area contributed by atoms with E-state index >= 15 is 0 Å². The Morgan fingerprint density at radius 3 is 2.54 bits per heavy atom. The number of benzene rings is 3. The molecule has 4 nitrogen and oxygen atoms in total. The van der Waals surface area contributed by atoms with E-state index in [9.17, 15) is 5.11 Å². The molecule has 4 aromatic rings. The minimum absolute atomic E-state index is 0.471. The summed E-state index contributed by atoms with van der Waals surface area (Å²) in [6.07, 6.45) is -0.519. The molecule has 0 aliphatic rings. The zero-order valence-electron chi connectivity index (χ0n) is 15.7. The molecule has 1 heterocycles. The molecule has 4 rings (SSSR count). The number of rotatable bonds is 7. The van der Waals surface area contributed by atoms with E-state index in [-0.39, 0.29) is 0 Å². The molecule has 0 radical (unpaired) electrons. The summed E-state index contributed by atoms with van der Waals surface area (Å²) in [6.45, 7) is 3.62. The Kier molecular flexibility index (Phi) is 5.55. The molecule has 2 N–H and O–H groups in total. The van der Waals surface area contributed by atoms with Crippen molar-refractivity contribution in [2.75, 3.05) is 18.5 Å². The van der Waals surface area contributed by atoms with Gasteiger partial charge in [-0.15, -0.1) is 0 Å². The number of aromatic nitrogens is 1. The Hall–Kier alpha value is -2.50. The van der Waals surface area contributed by atoms with Crippen molar-refractivity contribution in [2.45, 2.75) is 19.6 Å². The number of fused-ring (bicyclic) bond motifs is 3. The van der Waals surface area contributed by atoms with E-state index in [1.165, 1.54) is 10.8 Å². The zero-order valence-corrected chi connectivity index (χ0v) is 17.3. The predicted molar refractivity (Wildman–Crippen MR) is 119 cm³/mol. The maximum Gasteiger partial charge on any atom is 0.119 e. The lowest BCUT2D eigenvalue weighted by Gasteiger charge is -2.16. The van der Waals surface area contributed by atoms with Crippen molar-refractivity contribution in [2.24, 2.45) is 0 Å². The molecule has 144 valence electrons. The summed E-state index contributed by atoms with van der Waals surface area (Å²) in [5.41, 5.74) is 3.23. The van der Waals surface area contributed by atoms with Crippen LogP contribution < -0.4 is 10.1 Å². The summed E-state index contributed by atoms with van der Waals surface area (Å²) in [4.78, 5) is 0. The first kappa shape index (κ1) is 18.8. The minimum Gasteiger partial charge on any atom is -0.494 e. The molecule has 0 aliphatic carbocycles. The van der Waals surface area contributed by atoms with Crippen LogP contribution in [0.15, 0.2) is 71.2 Å². The number of aliphatic hydroxyl groups is 1. The van der Waals surface area contributed by atoms with Crippen LogP contribution >= 0.6 is 15.9 Å². The highest BCUT2D eigenvalue weighted by Gasteiger charge is 2.14. The highest BCUT2D eigenvalue weighted by atomic mass is 79.9. The van der Waals surface area contributed by atoms with Gasteiger partial charge in [-0.3, -0.25) is 0 Å². The highest BCUT2D eigenvalue weighted by Crippen LogP contribution is 2.31. The SMILES string of the molecule is CCOc1ccc(NCC(O)Cn2c3ccccc3c3cc(Br)ccc32)cc1. The summed E-state index contributed by atoms with van der Waals surface area (Å²) in [6, 6.07) is 22.4. The van der Waals surface area contributed by atoms with E-state index in [1.807, 2.05) is 43.3 Å². The molecule has 1 atom stereocenters. The van der Waals surface area contributed by atoms with Crippen molar-refractivity contribution >= 4 is 43.4 Å². The van der Waals surface area contributed by atoms with Gasteiger partial charge in [0.1, 0.15) is 5.75 Å². The van der Waals surface area contributed by atoms with Crippen molar-refractivity contribution in [1.29, 1.82) is 0 Å². The summed E-state index contributed by atoms with van der Waals surface area (Å²) in [5.74, 6) is 0.852. The Balaban J connectivity index is 1.52. The first-order chi connectivity index (χ1) is 13.7. The van der Waals surface area contributed by atoms with Gasteiger partial charge in [0, 0.05) is 38.5 Å². The van der Waals surface area contributed by atoms with Crippen molar-refractivity contribution in [3.05, 3.63) is 71.2 Å². The fourth-order valence-electron chi connectivity index (χ4n) is 3.57. The second-order valence-corrected chi connectivity index (χ2v) is 7.70. The number of para-hydroxylation sites is 1. The number of nitrogens with one attached hydrogen (secondary N) is 1. The lowest BCUT2D eigenvalue weighted by atomic mass is 10.2. The highest BCUT2D eigenvalue weighted by molar-refractivity contribution is 9.10. The topological polar surface area (TPSA) is 46.4 Å². The first-order valence-electron chi connectivity index (χ1n) is 9.47. The van der Waals surface area contributed by atoms with Crippen LogP contribution in [0.3, 0.4) is 0 Å². The maximum atomic E-state index is 10.7. The van der Waals surface area contributed by atoms with Crippen molar-refractivity contribution < 1.29 is 9.84 Å². The molecule has 0 saturated carbocycles. The average molecular weight is 439 g/mol. The number of aliphatic hydroxyl groups excluding tert-OH is 1. The van der Waals surface area contributed by atoms with Crippen LogP contribution in [-0.2, 0) is 6.54 Å². The smallest absolute Gasteiger partial charge is 0.119 e. The number of nitrogens with zero attached hydrogens (tertiary/aromatic N) is 1.